The normalized spacial score (nSPS) is 11.8. The van der Waals surface area contributed by atoms with E-state index in [9.17, 15) is 13.2 Å². The molecule has 0 atom stereocenters. The summed E-state index contributed by atoms with van der Waals surface area (Å²) in [5, 5.41) is 6.19. The fraction of sp³-hybridized carbons (Fsp3) is 0.714. The zero-order chi connectivity index (χ0) is 11.6. The summed E-state index contributed by atoms with van der Waals surface area (Å²) in [7, 11) is 1.57. The molecule has 0 amide bonds. The number of anilines is 1. The van der Waals surface area contributed by atoms with Gasteiger partial charge in [-0.25, -0.2) is 5.10 Å². The Labute approximate surface area is 89.7 Å². The van der Waals surface area contributed by atoms with Crippen LogP contribution in [-0.4, -0.2) is 34.0 Å². The molecule has 0 fully saturated rings. The van der Waals surface area contributed by atoms with E-state index in [0.29, 0.717) is 4.77 Å². The maximum atomic E-state index is 12.2. The molecule has 1 N–H and O–H groups in total. The molecule has 0 spiro atoms. The van der Waals surface area contributed by atoms with Crippen LogP contribution in [0.25, 0.3) is 0 Å². The van der Waals surface area contributed by atoms with E-state index >= 15 is 0 Å². The second kappa shape index (κ2) is 4.21. The van der Waals surface area contributed by atoms with Gasteiger partial charge in [-0.15, -0.1) is 5.10 Å². The molecule has 15 heavy (non-hydrogen) atoms. The van der Waals surface area contributed by atoms with Gasteiger partial charge in [-0.2, -0.15) is 13.2 Å². The minimum absolute atomic E-state index is 0.194. The van der Waals surface area contributed by atoms with Crippen molar-refractivity contribution in [1.29, 1.82) is 0 Å². The van der Waals surface area contributed by atoms with E-state index in [1.54, 1.807) is 14.0 Å². The van der Waals surface area contributed by atoms with Crippen LogP contribution in [0.5, 0.6) is 0 Å². The smallest absolute Gasteiger partial charge is 0.332 e. The maximum Gasteiger partial charge on any atom is 0.406 e. The molecule has 0 saturated heterocycles. The van der Waals surface area contributed by atoms with E-state index in [1.807, 2.05) is 0 Å². The highest BCUT2D eigenvalue weighted by Crippen LogP contribution is 2.19. The summed E-state index contributed by atoms with van der Waals surface area (Å²) in [5.41, 5.74) is 0. The van der Waals surface area contributed by atoms with E-state index in [0.717, 1.165) is 4.90 Å². The molecule has 1 heterocycles. The average Bonchev–Trinajstić information content (AvgIpc) is 2.43. The van der Waals surface area contributed by atoms with Crippen LogP contribution in [0.4, 0.5) is 19.1 Å². The van der Waals surface area contributed by atoms with Crippen LogP contribution in [0, 0.1) is 4.77 Å². The summed E-state index contributed by atoms with van der Waals surface area (Å²) < 4.78 is 38.3. The van der Waals surface area contributed by atoms with Crippen LogP contribution in [-0.2, 0) is 7.05 Å². The van der Waals surface area contributed by atoms with Gasteiger partial charge in [0.25, 0.3) is 0 Å². The van der Waals surface area contributed by atoms with Gasteiger partial charge in [0.1, 0.15) is 6.54 Å². The number of nitrogens with one attached hydrogen (secondary N) is 1. The standard InChI is InChI=1S/C7H11F3N4S/c1-3-14(4-7(8,9)10)5-11-12-6(15)13(5)2/h3-4H2,1-2H3,(H,12,15). The van der Waals surface area contributed by atoms with Gasteiger partial charge in [-0.05, 0) is 19.1 Å². The van der Waals surface area contributed by atoms with Crippen LogP contribution in [0.2, 0.25) is 0 Å². The minimum atomic E-state index is -4.25. The van der Waals surface area contributed by atoms with Crippen molar-refractivity contribution in [1.82, 2.24) is 14.8 Å². The topological polar surface area (TPSA) is 36.9 Å². The Hall–Kier alpha value is -1.05. The van der Waals surface area contributed by atoms with Crippen LogP contribution in [0.3, 0.4) is 0 Å². The Kier molecular flexibility index (Phi) is 3.38. The number of nitrogens with zero attached hydrogens (tertiary/aromatic N) is 3. The van der Waals surface area contributed by atoms with E-state index in [4.69, 9.17) is 12.2 Å². The van der Waals surface area contributed by atoms with Gasteiger partial charge in [0.05, 0.1) is 0 Å². The van der Waals surface area contributed by atoms with E-state index in [-0.39, 0.29) is 12.5 Å². The zero-order valence-corrected chi connectivity index (χ0v) is 9.11. The summed E-state index contributed by atoms with van der Waals surface area (Å²) in [5.74, 6) is 0.194. The molecule has 1 rings (SSSR count). The molecule has 1 aromatic heterocycles. The highest BCUT2D eigenvalue weighted by Gasteiger charge is 2.31. The first-order chi connectivity index (χ1) is 6.85. The van der Waals surface area contributed by atoms with Crippen molar-refractivity contribution >= 4 is 18.2 Å². The van der Waals surface area contributed by atoms with E-state index in [1.165, 1.54) is 4.57 Å². The van der Waals surface area contributed by atoms with Crippen molar-refractivity contribution in [2.24, 2.45) is 7.05 Å². The number of hydrogen-bond donors (Lipinski definition) is 1. The summed E-state index contributed by atoms with van der Waals surface area (Å²) in [6, 6.07) is 0. The number of aromatic nitrogens is 3. The molecule has 4 nitrogen and oxygen atoms in total. The molecule has 0 aliphatic carbocycles. The highest BCUT2D eigenvalue weighted by molar-refractivity contribution is 7.71. The van der Waals surface area contributed by atoms with Crippen molar-refractivity contribution in [2.45, 2.75) is 13.1 Å². The van der Waals surface area contributed by atoms with Gasteiger partial charge >= 0.3 is 6.18 Å². The van der Waals surface area contributed by atoms with E-state index < -0.39 is 12.7 Å². The second-order valence-corrected chi connectivity index (χ2v) is 3.40. The molecular formula is C7H11F3N4S. The van der Waals surface area contributed by atoms with Gasteiger partial charge in [0.2, 0.25) is 5.95 Å². The SMILES string of the molecule is CCN(CC(F)(F)F)c1n[nH]c(=S)n1C. The van der Waals surface area contributed by atoms with Crippen LogP contribution in [0.1, 0.15) is 6.92 Å². The molecular weight excluding hydrogens is 229 g/mol. The average molecular weight is 240 g/mol. The summed E-state index contributed by atoms with van der Waals surface area (Å²) in [6.07, 6.45) is -4.25. The number of halogens is 3. The molecule has 0 aliphatic heterocycles. The molecule has 86 valence electrons. The lowest BCUT2D eigenvalue weighted by molar-refractivity contribution is -0.119. The third-order valence-electron chi connectivity index (χ3n) is 1.89. The number of rotatable bonds is 3. The summed E-state index contributed by atoms with van der Waals surface area (Å²) in [4.78, 5) is 1.10. The Morgan fingerprint density at radius 3 is 2.47 bits per heavy atom. The lowest BCUT2D eigenvalue weighted by atomic mass is 10.5. The Balaban J connectivity index is 2.93. The predicted molar refractivity (Wildman–Crippen MR) is 52.3 cm³/mol. The summed E-state index contributed by atoms with van der Waals surface area (Å²) in [6.45, 7) is 0.813. The van der Waals surface area contributed by atoms with Gasteiger partial charge in [0, 0.05) is 13.6 Å². The minimum Gasteiger partial charge on any atom is -0.332 e. The molecule has 0 bridgehead atoms. The molecule has 0 radical (unpaired) electrons. The number of hydrogen-bond acceptors (Lipinski definition) is 3. The van der Waals surface area contributed by atoms with Crippen molar-refractivity contribution in [3.05, 3.63) is 4.77 Å². The first-order valence-corrected chi connectivity index (χ1v) is 4.69. The molecule has 1 aromatic rings. The Morgan fingerprint density at radius 2 is 2.13 bits per heavy atom. The van der Waals surface area contributed by atoms with Gasteiger partial charge in [-0.1, -0.05) is 0 Å². The third kappa shape index (κ3) is 2.95. The number of H-pyrrole nitrogens is 1. The monoisotopic (exact) mass is 240 g/mol. The van der Waals surface area contributed by atoms with Crippen LogP contribution < -0.4 is 4.90 Å². The third-order valence-corrected chi connectivity index (χ3v) is 2.26. The second-order valence-electron chi connectivity index (χ2n) is 3.02. The fourth-order valence-electron chi connectivity index (χ4n) is 1.16. The van der Waals surface area contributed by atoms with Crippen molar-refractivity contribution < 1.29 is 13.2 Å². The van der Waals surface area contributed by atoms with E-state index in [2.05, 4.69) is 10.2 Å². The van der Waals surface area contributed by atoms with Crippen molar-refractivity contribution in [3.63, 3.8) is 0 Å². The van der Waals surface area contributed by atoms with Crippen LogP contribution >= 0.6 is 12.2 Å². The van der Waals surface area contributed by atoms with Gasteiger partial charge in [-0.3, -0.25) is 4.57 Å². The molecule has 0 unspecified atom stereocenters. The van der Waals surface area contributed by atoms with Crippen molar-refractivity contribution in [2.75, 3.05) is 18.0 Å². The Bertz CT molecular complexity index is 380. The van der Waals surface area contributed by atoms with Gasteiger partial charge < -0.3 is 4.90 Å². The molecule has 0 saturated carbocycles. The largest absolute Gasteiger partial charge is 0.406 e. The number of alkyl halides is 3. The van der Waals surface area contributed by atoms with Crippen molar-refractivity contribution in [3.8, 4) is 0 Å². The highest BCUT2D eigenvalue weighted by atomic mass is 32.1. The fourth-order valence-corrected chi connectivity index (χ4v) is 1.29. The lowest BCUT2D eigenvalue weighted by Crippen LogP contribution is -2.35. The Morgan fingerprint density at radius 1 is 1.53 bits per heavy atom. The molecule has 8 heteroatoms. The number of aromatic amines is 1. The van der Waals surface area contributed by atoms with Crippen LogP contribution in [0.15, 0.2) is 0 Å². The first-order valence-electron chi connectivity index (χ1n) is 4.28. The first kappa shape index (κ1) is 12.0. The lowest BCUT2D eigenvalue weighted by Gasteiger charge is -2.22. The van der Waals surface area contributed by atoms with Gasteiger partial charge in [0.15, 0.2) is 4.77 Å². The predicted octanol–water partition coefficient (Wildman–Crippen LogP) is 1.87. The molecule has 0 aliphatic rings. The maximum absolute atomic E-state index is 12.2. The zero-order valence-electron chi connectivity index (χ0n) is 8.30. The summed E-state index contributed by atoms with van der Waals surface area (Å²) >= 11 is 4.82. The quantitative estimate of drug-likeness (QED) is 0.819. The molecule has 0 aromatic carbocycles.